The van der Waals surface area contributed by atoms with Crippen LogP contribution in [0.25, 0.3) is 0 Å². The molecule has 15 heavy (non-hydrogen) atoms. The van der Waals surface area contributed by atoms with E-state index in [-0.39, 0.29) is 11.1 Å². The molecule has 0 aromatic carbocycles. The van der Waals surface area contributed by atoms with Gasteiger partial charge >= 0.3 is 5.97 Å². The van der Waals surface area contributed by atoms with Crippen LogP contribution in [0.3, 0.4) is 0 Å². The Morgan fingerprint density at radius 2 is 1.73 bits per heavy atom. The second kappa shape index (κ2) is 8.99. The van der Waals surface area contributed by atoms with Gasteiger partial charge in [-0.25, -0.2) is 4.79 Å². The first kappa shape index (κ1) is 15.9. The molecule has 0 saturated heterocycles. The zero-order valence-corrected chi connectivity index (χ0v) is 9.21. The summed E-state index contributed by atoms with van der Waals surface area (Å²) in [5.41, 5.74) is 0.381. The predicted octanol–water partition coefficient (Wildman–Crippen LogP) is 1.13. The molecule has 0 fully saturated rings. The lowest BCUT2D eigenvalue weighted by Gasteiger charge is -2.03. The summed E-state index contributed by atoms with van der Waals surface area (Å²) in [6.07, 6.45) is 2.43. The Morgan fingerprint density at radius 1 is 1.33 bits per heavy atom. The van der Waals surface area contributed by atoms with Crippen LogP contribution >= 0.6 is 0 Å². The van der Waals surface area contributed by atoms with Gasteiger partial charge in [0.15, 0.2) is 0 Å². The van der Waals surface area contributed by atoms with E-state index in [0.717, 1.165) is 12.8 Å². The number of aliphatic carboxylic acids is 2. The van der Waals surface area contributed by atoms with Crippen molar-refractivity contribution in [2.24, 2.45) is 0 Å². The molecule has 1 N–H and O–H groups in total. The highest BCUT2D eigenvalue weighted by Crippen LogP contribution is 2.02. The summed E-state index contributed by atoms with van der Waals surface area (Å²) in [5, 5.41) is 17.9. The van der Waals surface area contributed by atoms with Crippen LogP contribution in [0.4, 0.5) is 0 Å². The third-order valence-electron chi connectivity index (χ3n) is 1.49. The molecule has 0 saturated carbocycles. The van der Waals surface area contributed by atoms with Gasteiger partial charge in [0.1, 0.15) is 0 Å². The number of hydrogen-bond acceptors (Lipinski definition) is 3. The van der Waals surface area contributed by atoms with Gasteiger partial charge < -0.3 is 15.0 Å². The monoisotopic (exact) mass is 213 g/mol. The number of carboxylic acids is 2. The van der Waals surface area contributed by atoms with Gasteiger partial charge in [-0.15, -0.1) is 0 Å². The van der Waals surface area contributed by atoms with Crippen LogP contribution in [-0.2, 0) is 9.59 Å². The fourth-order valence-corrected chi connectivity index (χ4v) is 0.492. The second-order valence-corrected chi connectivity index (χ2v) is 3.08. The number of hydrogen-bond donors (Lipinski definition) is 1. The molecule has 0 unspecified atom stereocenters. The van der Waals surface area contributed by atoms with Crippen molar-refractivity contribution in [1.82, 2.24) is 0 Å². The van der Waals surface area contributed by atoms with E-state index in [4.69, 9.17) is 5.11 Å². The fourth-order valence-electron chi connectivity index (χ4n) is 0.492. The largest absolute Gasteiger partial charge is 0.545 e. The minimum absolute atomic E-state index is 0.176. The average molecular weight is 213 g/mol. The van der Waals surface area contributed by atoms with Crippen LogP contribution in [0, 0.1) is 0 Å². The SMILES string of the molecule is C=C(C)C(=O)O.C=C(CCCC)C(=O)[O-]. The first-order chi connectivity index (χ1) is 6.82. The molecule has 4 heteroatoms. The van der Waals surface area contributed by atoms with Gasteiger partial charge in [0.25, 0.3) is 0 Å². The van der Waals surface area contributed by atoms with Gasteiger partial charge in [0, 0.05) is 5.57 Å². The third kappa shape index (κ3) is 12.4. The Kier molecular flexibility index (Phi) is 9.52. The lowest BCUT2D eigenvalue weighted by atomic mass is 10.1. The minimum atomic E-state index is -1.12. The quantitative estimate of drug-likeness (QED) is 0.694. The molecule has 0 bridgehead atoms. The van der Waals surface area contributed by atoms with E-state index in [1.165, 1.54) is 6.92 Å². The maximum atomic E-state index is 9.99. The molecule has 0 amide bonds. The molecular weight excluding hydrogens is 196 g/mol. The molecule has 0 aliphatic heterocycles. The standard InChI is InChI=1S/C7H12O2.C4H6O2/c1-3-4-5-6(2)7(8)9;1-3(2)4(5)6/h2-5H2,1H3,(H,8,9);1H2,2H3,(H,5,6)/p-1. The highest BCUT2D eigenvalue weighted by Gasteiger charge is 1.91. The summed E-state index contributed by atoms with van der Waals surface area (Å²) in [4.78, 5) is 19.6. The van der Waals surface area contributed by atoms with Crippen molar-refractivity contribution in [3.63, 3.8) is 0 Å². The Hall–Kier alpha value is -1.58. The second-order valence-electron chi connectivity index (χ2n) is 3.08. The Morgan fingerprint density at radius 3 is 1.93 bits per heavy atom. The van der Waals surface area contributed by atoms with Crippen LogP contribution in [0.2, 0.25) is 0 Å². The minimum Gasteiger partial charge on any atom is -0.545 e. The van der Waals surface area contributed by atoms with Crippen molar-refractivity contribution in [2.45, 2.75) is 33.1 Å². The Labute approximate surface area is 89.9 Å². The summed E-state index contributed by atoms with van der Waals surface area (Å²) >= 11 is 0. The van der Waals surface area contributed by atoms with Crippen LogP contribution < -0.4 is 5.11 Å². The number of rotatable bonds is 5. The molecule has 4 nitrogen and oxygen atoms in total. The predicted molar refractivity (Wildman–Crippen MR) is 56.1 cm³/mol. The van der Waals surface area contributed by atoms with Crippen molar-refractivity contribution in [2.75, 3.05) is 0 Å². The zero-order valence-electron chi connectivity index (χ0n) is 9.21. The Bertz CT molecular complexity index is 241. The fraction of sp³-hybridized carbons (Fsp3) is 0.455. The average Bonchev–Trinajstić information content (AvgIpc) is 2.14. The van der Waals surface area contributed by atoms with E-state index >= 15 is 0 Å². The molecule has 0 aromatic rings. The maximum absolute atomic E-state index is 9.99. The van der Waals surface area contributed by atoms with E-state index < -0.39 is 11.9 Å². The van der Waals surface area contributed by atoms with E-state index in [0.29, 0.717) is 6.42 Å². The van der Waals surface area contributed by atoms with Gasteiger partial charge in [-0.2, -0.15) is 0 Å². The van der Waals surface area contributed by atoms with E-state index in [2.05, 4.69) is 13.2 Å². The third-order valence-corrected chi connectivity index (χ3v) is 1.49. The normalized spacial score (nSPS) is 8.40. The van der Waals surface area contributed by atoms with Crippen molar-refractivity contribution < 1.29 is 19.8 Å². The summed E-state index contributed by atoms with van der Waals surface area (Å²) in [6, 6.07) is 0. The molecule has 0 aromatic heterocycles. The molecule has 0 aliphatic carbocycles. The molecule has 0 atom stereocenters. The summed E-state index contributed by atoms with van der Waals surface area (Å²) in [5.74, 6) is -2.06. The van der Waals surface area contributed by atoms with E-state index in [9.17, 15) is 14.7 Å². The summed E-state index contributed by atoms with van der Waals surface area (Å²) in [7, 11) is 0. The van der Waals surface area contributed by atoms with Gasteiger partial charge in [0.2, 0.25) is 0 Å². The van der Waals surface area contributed by atoms with Gasteiger partial charge in [0.05, 0.1) is 5.97 Å². The van der Waals surface area contributed by atoms with E-state index in [1.807, 2.05) is 6.92 Å². The maximum Gasteiger partial charge on any atom is 0.330 e. The topological polar surface area (TPSA) is 77.4 Å². The smallest absolute Gasteiger partial charge is 0.330 e. The first-order valence-electron chi connectivity index (χ1n) is 4.60. The van der Waals surface area contributed by atoms with Crippen molar-refractivity contribution >= 4 is 11.9 Å². The lowest BCUT2D eigenvalue weighted by Crippen LogP contribution is -2.23. The van der Waals surface area contributed by atoms with Crippen molar-refractivity contribution in [1.29, 1.82) is 0 Å². The highest BCUT2D eigenvalue weighted by atomic mass is 16.4. The summed E-state index contributed by atoms with van der Waals surface area (Å²) in [6.45, 7) is 9.93. The molecular formula is C11H17O4-. The molecule has 0 radical (unpaired) electrons. The number of carbonyl (C=O) groups excluding carboxylic acids is 1. The molecule has 0 aliphatic rings. The Balaban J connectivity index is 0. The number of carboxylic acid groups (broad SMARTS) is 2. The highest BCUT2D eigenvalue weighted by molar-refractivity contribution is 5.84. The van der Waals surface area contributed by atoms with Gasteiger partial charge in [-0.05, 0) is 25.3 Å². The lowest BCUT2D eigenvalue weighted by molar-refractivity contribution is -0.299. The van der Waals surface area contributed by atoms with Crippen LogP contribution in [-0.4, -0.2) is 17.0 Å². The number of carbonyl (C=O) groups is 2. The van der Waals surface area contributed by atoms with Gasteiger partial charge in [-0.3, -0.25) is 0 Å². The first-order valence-corrected chi connectivity index (χ1v) is 4.60. The molecule has 0 rings (SSSR count). The van der Waals surface area contributed by atoms with Crippen LogP contribution in [0.5, 0.6) is 0 Å². The van der Waals surface area contributed by atoms with Crippen molar-refractivity contribution in [3.8, 4) is 0 Å². The van der Waals surface area contributed by atoms with Crippen molar-refractivity contribution in [3.05, 3.63) is 24.3 Å². The van der Waals surface area contributed by atoms with Crippen LogP contribution in [0.1, 0.15) is 33.1 Å². The summed E-state index contributed by atoms with van der Waals surface area (Å²) < 4.78 is 0. The number of unbranched alkanes of at least 4 members (excludes halogenated alkanes) is 1. The zero-order chi connectivity index (χ0) is 12.4. The molecule has 0 heterocycles. The van der Waals surface area contributed by atoms with Crippen LogP contribution in [0.15, 0.2) is 24.3 Å². The molecule has 86 valence electrons. The van der Waals surface area contributed by atoms with Gasteiger partial charge in [-0.1, -0.05) is 26.5 Å². The van der Waals surface area contributed by atoms with E-state index in [1.54, 1.807) is 0 Å². The molecule has 0 spiro atoms.